The van der Waals surface area contributed by atoms with Gasteiger partial charge in [-0.05, 0) is 32.3 Å². The van der Waals surface area contributed by atoms with Crippen LogP contribution in [0.3, 0.4) is 0 Å². The van der Waals surface area contributed by atoms with Crippen LogP contribution in [0.2, 0.25) is 0 Å². The van der Waals surface area contributed by atoms with Crippen molar-refractivity contribution in [3.63, 3.8) is 0 Å². The minimum Gasteiger partial charge on any atom is -0.386 e. The summed E-state index contributed by atoms with van der Waals surface area (Å²) < 4.78 is 3.46. The Morgan fingerprint density at radius 2 is 2.16 bits per heavy atom. The zero-order chi connectivity index (χ0) is 18.0. The first kappa shape index (κ1) is 17.6. The number of nitrogens with zero attached hydrogens (tertiary/aromatic N) is 6. The molecule has 0 aromatic carbocycles. The van der Waals surface area contributed by atoms with Crippen LogP contribution in [0.5, 0.6) is 0 Å². The van der Waals surface area contributed by atoms with Gasteiger partial charge in [-0.1, -0.05) is 19.1 Å². The molecule has 1 N–H and O–H groups in total. The van der Waals surface area contributed by atoms with Crippen LogP contribution in [-0.4, -0.2) is 59.4 Å². The Labute approximate surface area is 147 Å². The summed E-state index contributed by atoms with van der Waals surface area (Å²) >= 11 is 0. The van der Waals surface area contributed by atoms with Crippen LogP contribution < -0.4 is 0 Å². The van der Waals surface area contributed by atoms with Crippen LogP contribution in [0.1, 0.15) is 55.3 Å². The highest BCUT2D eigenvalue weighted by molar-refractivity contribution is 5.93. The lowest BCUT2D eigenvalue weighted by Gasteiger charge is -2.24. The molecule has 0 spiro atoms. The second-order valence-electron chi connectivity index (χ2n) is 6.89. The van der Waals surface area contributed by atoms with Gasteiger partial charge >= 0.3 is 0 Å². The Morgan fingerprint density at radius 3 is 2.80 bits per heavy atom. The average molecular weight is 346 g/mol. The van der Waals surface area contributed by atoms with E-state index in [1.807, 2.05) is 17.7 Å². The quantitative estimate of drug-likeness (QED) is 0.854. The molecule has 8 nitrogen and oxygen atoms in total. The summed E-state index contributed by atoms with van der Waals surface area (Å²) in [7, 11) is 0. The van der Waals surface area contributed by atoms with Gasteiger partial charge in [0.1, 0.15) is 11.3 Å². The maximum absolute atomic E-state index is 13.0. The summed E-state index contributed by atoms with van der Waals surface area (Å²) in [6, 6.07) is 2.06. The SMILES string of the molecule is CCC(CC)n1nc(C)cc1C(=O)N1CCC(O)(Cn2ccnn2)C1. The van der Waals surface area contributed by atoms with Crippen molar-refractivity contribution in [1.29, 1.82) is 0 Å². The van der Waals surface area contributed by atoms with Crippen LogP contribution in [0.4, 0.5) is 0 Å². The molecule has 0 saturated carbocycles. The number of aryl methyl sites for hydroxylation is 1. The van der Waals surface area contributed by atoms with Crippen LogP contribution >= 0.6 is 0 Å². The number of likely N-dealkylation sites (tertiary alicyclic amines) is 1. The third-order valence-corrected chi connectivity index (χ3v) is 4.91. The van der Waals surface area contributed by atoms with E-state index in [0.29, 0.717) is 31.7 Å². The fourth-order valence-corrected chi connectivity index (χ4v) is 3.53. The van der Waals surface area contributed by atoms with Crippen molar-refractivity contribution in [2.45, 2.75) is 58.2 Å². The van der Waals surface area contributed by atoms with Crippen LogP contribution in [0, 0.1) is 6.92 Å². The predicted octanol–water partition coefficient (Wildman–Crippen LogP) is 1.42. The fraction of sp³-hybridized carbons (Fsp3) is 0.647. The molecule has 3 heterocycles. The maximum Gasteiger partial charge on any atom is 0.272 e. The van der Waals surface area contributed by atoms with E-state index in [1.165, 1.54) is 0 Å². The van der Waals surface area contributed by atoms with Gasteiger partial charge in [-0.2, -0.15) is 5.10 Å². The minimum atomic E-state index is -0.974. The van der Waals surface area contributed by atoms with Crippen molar-refractivity contribution in [1.82, 2.24) is 29.7 Å². The number of carbonyl (C=O) groups is 1. The lowest BCUT2D eigenvalue weighted by molar-refractivity contribution is 0.0264. The number of hydrogen-bond donors (Lipinski definition) is 1. The van der Waals surface area contributed by atoms with Crippen molar-refractivity contribution in [3.8, 4) is 0 Å². The molecule has 0 bridgehead atoms. The molecule has 1 fully saturated rings. The molecule has 1 aliphatic heterocycles. The fourth-order valence-electron chi connectivity index (χ4n) is 3.53. The molecule has 136 valence electrons. The van der Waals surface area contributed by atoms with Gasteiger partial charge in [0.15, 0.2) is 0 Å². The molecule has 0 aliphatic carbocycles. The minimum absolute atomic E-state index is 0.0676. The monoisotopic (exact) mass is 346 g/mol. The van der Waals surface area contributed by atoms with E-state index < -0.39 is 5.60 Å². The van der Waals surface area contributed by atoms with E-state index in [1.54, 1.807) is 22.0 Å². The summed E-state index contributed by atoms with van der Waals surface area (Å²) in [6.45, 7) is 7.26. The first-order valence-electron chi connectivity index (χ1n) is 8.87. The molecule has 1 atom stereocenters. The van der Waals surface area contributed by atoms with E-state index in [0.717, 1.165) is 18.5 Å². The van der Waals surface area contributed by atoms with Gasteiger partial charge in [0.25, 0.3) is 5.91 Å². The predicted molar refractivity (Wildman–Crippen MR) is 92.1 cm³/mol. The Hall–Kier alpha value is -2.22. The molecule has 1 aliphatic rings. The standard InChI is InChI=1S/C17H26N6O2/c1-4-14(5-2)23-15(10-13(3)19-23)16(24)21-8-6-17(25,11-21)12-22-9-7-18-20-22/h7,9-10,14,25H,4-6,8,11-12H2,1-3H3. The Kier molecular flexibility index (Phi) is 4.89. The van der Waals surface area contributed by atoms with Gasteiger partial charge in [-0.3, -0.25) is 9.48 Å². The normalized spacial score (nSPS) is 20.6. The molecule has 0 radical (unpaired) electrons. The van der Waals surface area contributed by atoms with Gasteiger partial charge in [0, 0.05) is 12.7 Å². The first-order valence-corrected chi connectivity index (χ1v) is 8.87. The maximum atomic E-state index is 13.0. The van der Waals surface area contributed by atoms with E-state index in [2.05, 4.69) is 29.3 Å². The second-order valence-corrected chi connectivity index (χ2v) is 6.89. The third kappa shape index (κ3) is 3.58. The number of carbonyl (C=O) groups excluding carboxylic acids is 1. The van der Waals surface area contributed by atoms with E-state index in [-0.39, 0.29) is 11.9 Å². The first-order chi connectivity index (χ1) is 12.0. The molecule has 3 rings (SSSR count). The molecule has 2 aromatic rings. The number of aromatic nitrogens is 5. The van der Waals surface area contributed by atoms with E-state index in [4.69, 9.17) is 0 Å². The highest BCUT2D eigenvalue weighted by atomic mass is 16.3. The molecule has 1 saturated heterocycles. The molecule has 25 heavy (non-hydrogen) atoms. The average Bonchev–Trinajstić information content (AvgIpc) is 3.30. The summed E-state index contributed by atoms with van der Waals surface area (Å²) in [4.78, 5) is 14.7. The van der Waals surface area contributed by atoms with Crippen molar-refractivity contribution < 1.29 is 9.90 Å². The van der Waals surface area contributed by atoms with Crippen LogP contribution in [-0.2, 0) is 6.54 Å². The Morgan fingerprint density at radius 1 is 1.40 bits per heavy atom. The van der Waals surface area contributed by atoms with E-state index in [9.17, 15) is 9.90 Å². The summed E-state index contributed by atoms with van der Waals surface area (Å²) in [5.41, 5.74) is 0.474. The van der Waals surface area contributed by atoms with Gasteiger partial charge in [0.2, 0.25) is 0 Å². The molecule has 1 unspecified atom stereocenters. The smallest absolute Gasteiger partial charge is 0.272 e. The molecular weight excluding hydrogens is 320 g/mol. The van der Waals surface area contributed by atoms with Crippen LogP contribution in [0.25, 0.3) is 0 Å². The van der Waals surface area contributed by atoms with Gasteiger partial charge in [-0.15, -0.1) is 5.10 Å². The topological polar surface area (TPSA) is 89.1 Å². The third-order valence-electron chi connectivity index (χ3n) is 4.91. The molecule has 8 heteroatoms. The summed E-state index contributed by atoms with van der Waals surface area (Å²) in [5, 5.41) is 23.0. The number of β-amino-alcohol motifs (C(OH)–C–C–N with tert-alkyl or cyclic N) is 1. The van der Waals surface area contributed by atoms with Crippen molar-refractivity contribution in [2.75, 3.05) is 13.1 Å². The largest absolute Gasteiger partial charge is 0.386 e. The highest BCUT2D eigenvalue weighted by Gasteiger charge is 2.40. The number of rotatable bonds is 6. The Bertz CT molecular complexity index is 722. The summed E-state index contributed by atoms with van der Waals surface area (Å²) in [6.07, 6.45) is 5.67. The molecular formula is C17H26N6O2. The molecule has 2 aromatic heterocycles. The Balaban J connectivity index is 1.76. The van der Waals surface area contributed by atoms with Gasteiger partial charge in [0.05, 0.1) is 31.0 Å². The second kappa shape index (κ2) is 6.95. The lowest BCUT2D eigenvalue weighted by Crippen LogP contribution is -2.40. The zero-order valence-electron chi connectivity index (χ0n) is 15.1. The number of amides is 1. The van der Waals surface area contributed by atoms with Gasteiger partial charge in [-0.25, -0.2) is 4.68 Å². The highest BCUT2D eigenvalue weighted by Crippen LogP contribution is 2.26. The lowest BCUT2D eigenvalue weighted by atomic mass is 10.0. The van der Waals surface area contributed by atoms with E-state index >= 15 is 0 Å². The summed E-state index contributed by atoms with van der Waals surface area (Å²) in [5.74, 6) is -0.0676. The zero-order valence-corrected chi connectivity index (χ0v) is 15.1. The number of hydrogen-bond acceptors (Lipinski definition) is 5. The van der Waals surface area contributed by atoms with Crippen molar-refractivity contribution in [3.05, 3.63) is 29.8 Å². The number of aliphatic hydroxyl groups is 1. The van der Waals surface area contributed by atoms with Crippen molar-refractivity contribution >= 4 is 5.91 Å². The van der Waals surface area contributed by atoms with Gasteiger partial charge < -0.3 is 10.0 Å². The van der Waals surface area contributed by atoms with Crippen LogP contribution in [0.15, 0.2) is 18.5 Å². The van der Waals surface area contributed by atoms with Crippen molar-refractivity contribution in [2.24, 2.45) is 0 Å². The molecule has 1 amide bonds.